The van der Waals surface area contributed by atoms with Crippen LogP contribution in [0.2, 0.25) is 5.02 Å². The fourth-order valence-electron chi connectivity index (χ4n) is 2.14. The molecule has 0 fully saturated rings. The number of nitrogens with one attached hydrogen (secondary N) is 2. The molecule has 6 nitrogen and oxygen atoms in total. The number of methoxy groups -OCH3 is 1. The van der Waals surface area contributed by atoms with Gasteiger partial charge >= 0.3 is 0 Å². The quantitative estimate of drug-likeness (QED) is 0.202. The number of anilines is 1. The Hall–Kier alpha value is -1.52. The average Bonchev–Trinajstić information content (AvgIpc) is 2.61. The van der Waals surface area contributed by atoms with Crippen molar-refractivity contribution in [1.29, 1.82) is 0 Å². The number of carbonyl (C=O) groups is 1. The van der Waals surface area contributed by atoms with Gasteiger partial charge in [0.15, 0.2) is 5.96 Å². The highest BCUT2D eigenvalue weighted by Gasteiger charge is 2.05. The number of guanidine groups is 1. The van der Waals surface area contributed by atoms with E-state index in [0.717, 1.165) is 10.2 Å². The molecular formula is C18H21BrClIN4O2. The third kappa shape index (κ3) is 7.94. The fourth-order valence-corrected chi connectivity index (χ4v) is 2.80. The second-order valence-corrected chi connectivity index (χ2v) is 6.68. The summed E-state index contributed by atoms with van der Waals surface area (Å²) in [6, 6.07) is 12.5. The molecule has 0 aromatic heterocycles. The Bertz CT molecular complexity index is 805. The van der Waals surface area contributed by atoms with Gasteiger partial charge in [0.2, 0.25) is 0 Å². The van der Waals surface area contributed by atoms with E-state index < -0.39 is 0 Å². The van der Waals surface area contributed by atoms with Crippen LogP contribution < -0.4 is 21.1 Å². The van der Waals surface area contributed by atoms with Gasteiger partial charge in [0.05, 0.1) is 12.1 Å². The molecule has 0 aliphatic rings. The van der Waals surface area contributed by atoms with Gasteiger partial charge in [-0.25, -0.2) is 0 Å². The van der Waals surface area contributed by atoms with Gasteiger partial charge in [0.25, 0.3) is 5.91 Å². The molecule has 2 aromatic carbocycles. The van der Waals surface area contributed by atoms with E-state index in [1.165, 1.54) is 0 Å². The number of amides is 1. The number of ether oxygens (including phenoxy) is 1. The second kappa shape index (κ2) is 12.0. The maximum absolute atomic E-state index is 12.0. The van der Waals surface area contributed by atoms with Crippen molar-refractivity contribution in [1.82, 2.24) is 5.32 Å². The Balaban J connectivity index is 0.00000364. The average molecular weight is 568 g/mol. The first kappa shape index (κ1) is 23.5. The number of nitrogens with two attached hydrogens (primary N) is 1. The monoisotopic (exact) mass is 566 g/mol. The molecule has 0 atom stereocenters. The van der Waals surface area contributed by atoms with Crippen molar-refractivity contribution in [2.75, 3.05) is 25.5 Å². The van der Waals surface area contributed by atoms with Gasteiger partial charge in [-0.05, 0) is 42.8 Å². The number of carbonyl (C=O) groups excluding carboxylic acids is 1. The van der Waals surface area contributed by atoms with E-state index in [0.29, 0.717) is 35.8 Å². The standard InChI is InChI=1S/C18H20BrClN4O2.HI/c1-26-16-7-6-14(11-15(16)20)24-18(21)23-9-3-8-22-17(25)12-4-2-5-13(19)10-12;/h2,4-7,10-11H,3,8-9H2,1H3,(H,22,25)(H3,21,23,24);1H. The summed E-state index contributed by atoms with van der Waals surface area (Å²) in [5, 5.41) is 6.30. The second-order valence-electron chi connectivity index (χ2n) is 5.36. The molecule has 27 heavy (non-hydrogen) atoms. The lowest BCUT2D eigenvalue weighted by molar-refractivity contribution is 0.0953. The number of hydrogen-bond acceptors (Lipinski definition) is 3. The van der Waals surface area contributed by atoms with Crippen LogP contribution in [0, 0.1) is 0 Å². The Morgan fingerprint density at radius 2 is 2.07 bits per heavy atom. The topological polar surface area (TPSA) is 88.7 Å². The van der Waals surface area contributed by atoms with Crippen LogP contribution in [0.1, 0.15) is 16.8 Å². The summed E-state index contributed by atoms with van der Waals surface area (Å²) in [6.45, 7) is 0.998. The molecule has 0 saturated heterocycles. The van der Waals surface area contributed by atoms with Crippen LogP contribution in [0.25, 0.3) is 0 Å². The lowest BCUT2D eigenvalue weighted by Gasteiger charge is -2.08. The van der Waals surface area contributed by atoms with E-state index in [1.807, 2.05) is 12.1 Å². The summed E-state index contributed by atoms with van der Waals surface area (Å²) in [7, 11) is 1.56. The van der Waals surface area contributed by atoms with Crippen molar-refractivity contribution in [2.45, 2.75) is 6.42 Å². The lowest BCUT2D eigenvalue weighted by atomic mass is 10.2. The highest BCUT2D eigenvalue weighted by Crippen LogP contribution is 2.26. The van der Waals surface area contributed by atoms with Crippen LogP contribution in [0.5, 0.6) is 5.75 Å². The fraction of sp³-hybridized carbons (Fsp3) is 0.222. The SMILES string of the molecule is COc1ccc(NC(N)=NCCCNC(=O)c2cccc(Br)c2)cc1Cl.I. The molecular weight excluding hydrogens is 546 g/mol. The van der Waals surface area contributed by atoms with E-state index in [2.05, 4.69) is 31.6 Å². The molecule has 0 bridgehead atoms. The van der Waals surface area contributed by atoms with Crippen LogP contribution in [-0.2, 0) is 0 Å². The molecule has 0 aliphatic heterocycles. The molecule has 146 valence electrons. The minimum absolute atomic E-state index is 0. The molecule has 9 heteroatoms. The number of aliphatic imine (C=N–C) groups is 1. The van der Waals surface area contributed by atoms with Crippen LogP contribution >= 0.6 is 51.5 Å². The van der Waals surface area contributed by atoms with Crippen molar-refractivity contribution < 1.29 is 9.53 Å². The normalized spacial score (nSPS) is 10.7. The van der Waals surface area contributed by atoms with Gasteiger partial charge in [-0.3, -0.25) is 9.79 Å². The van der Waals surface area contributed by atoms with Crippen LogP contribution in [0.15, 0.2) is 51.9 Å². The predicted octanol–water partition coefficient (Wildman–Crippen LogP) is 4.28. The minimum atomic E-state index is -0.116. The molecule has 2 aromatic rings. The van der Waals surface area contributed by atoms with Gasteiger partial charge in [-0.2, -0.15) is 0 Å². The van der Waals surface area contributed by atoms with E-state index in [-0.39, 0.29) is 35.8 Å². The molecule has 2 rings (SSSR count). The van der Waals surface area contributed by atoms with Crippen molar-refractivity contribution in [3.05, 3.63) is 57.5 Å². The number of hydrogen-bond donors (Lipinski definition) is 3. The van der Waals surface area contributed by atoms with Gasteiger partial charge in [0.1, 0.15) is 5.75 Å². The van der Waals surface area contributed by atoms with E-state index in [4.69, 9.17) is 22.1 Å². The molecule has 0 aliphatic carbocycles. The molecule has 4 N–H and O–H groups in total. The molecule has 0 heterocycles. The highest BCUT2D eigenvalue weighted by atomic mass is 127. The van der Waals surface area contributed by atoms with Gasteiger partial charge in [-0.1, -0.05) is 33.6 Å². The lowest BCUT2D eigenvalue weighted by Crippen LogP contribution is -2.26. The number of rotatable bonds is 7. The molecule has 0 spiro atoms. The van der Waals surface area contributed by atoms with Gasteiger partial charge in [-0.15, -0.1) is 24.0 Å². The molecule has 0 radical (unpaired) electrons. The summed E-state index contributed by atoms with van der Waals surface area (Å²) in [6.07, 6.45) is 0.672. The largest absolute Gasteiger partial charge is 0.495 e. The zero-order valence-electron chi connectivity index (χ0n) is 14.7. The summed E-state index contributed by atoms with van der Waals surface area (Å²) in [4.78, 5) is 16.2. The van der Waals surface area contributed by atoms with Crippen molar-refractivity contribution in [2.24, 2.45) is 10.7 Å². The summed E-state index contributed by atoms with van der Waals surface area (Å²) >= 11 is 9.40. The van der Waals surface area contributed by atoms with Crippen molar-refractivity contribution >= 4 is 69.1 Å². The van der Waals surface area contributed by atoms with E-state index in [1.54, 1.807) is 37.4 Å². The number of halogens is 3. The Kier molecular flexibility index (Phi) is 10.5. The van der Waals surface area contributed by atoms with Crippen LogP contribution in [0.3, 0.4) is 0 Å². The van der Waals surface area contributed by atoms with E-state index >= 15 is 0 Å². The minimum Gasteiger partial charge on any atom is -0.495 e. The highest BCUT2D eigenvalue weighted by molar-refractivity contribution is 14.0. The first-order chi connectivity index (χ1) is 12.5. The summed E-state index contributed by atoms with van der Waals surface area (Å²) in [5.74, 6) is 0.757. The van der Waals surface area contributed by atoms with Gasteiger partial charge in [0, 0.05) is 28.8 Å². The smallest absolute Gasteiger partial charge is 0.251 e. The zero-order valence-corrected chi connectivity index (χ0v) is 19.3. The maximum atomic E-state index is 12.0. The zero-order chi connectivity index (χ0) is 18.9. The number of nitrogens with zero attached hydrogens (tertiary/aromatic N) is 1. The van der Waals surface area contributed by atoms with Crippen molar-refractivity contribution in [3.8, 4) is 5.75 Å². The van der Waals surface area contributed by atoms with Gasteiger partial charge < -0.3 is 21.1 Å². The Morgan fingerprint density at radius 3 is 2.74 bits per heavy atom. The Labute approximate surface area is 189 Å². The first-order valence-corrected chi connectivity index (χ1v) is 9.11. The van der Waals surface area contributed by atoms with E-state index in [9.17, 15) is 4.79 Å². The summed E-state index contributed by atoms with van der Waals surface area (Å²) in [5.41, 5.74) is 7.18. The molecule has 0 unspecified atom stereocenters. The van der Waals surface area contributed by atoms with Crippen LogP contribution in [0.4, 0.5) is 5.69 Å². The first-order valence-electron chi connectivity index (χ1n) is 7.94. The predicted molar refractivity (Wildman–Crippen MR) is 125 cm³/mol. The maximum Gasteiger partial charge on any atom is 0.251 e. The van der Waals surface area contributed by atoms with Crippen LogP contribution in [-0.4, -0.2) is 32.1 Å². The molecule has 0 saturated carbocycles. The number of benzene rings is 2. The third-order valence-corrected chi connectivity index (χ3v) is 4.20. The molecule has 1 amide bonds. The summed E-state index contributed by atoms with van der Waals surface area (Å²) < 4.78 is 5.96. The Morgan fingerprint density at radius 1 is 1.30 bits per heavy atom. The van der Waals surface area contributed by atoms with Crippen molar-refractivity contribution in [3.63, 3.8) is 0 Å². The third-order valence-electron chi connectivity index (χ3n) is 3.41.